The minimum absolute atomic E-state index is 0.0925. The van der Waals surface area contributed by atoms with Crippen LogP contribution in [0.4, 0.5) is 0 Å². The first-order chi connectivity index (χ1) is 21.2. The number of carbonyl (C=O) groups excluding carboxylic acids is 1. The molecule has 1 aliphatic heterocycles. The number of phosphoric acid groups is 1. The first-order valence-corrected chi connectivity index (χ1v) is 15.6. The summed E-state index contributed by atoms with van der Waals surface area (Å²) >= 11 is 0. The third-order valence-electron chi connectivity index (χ3n) is 6.59. The van der Waals surface area contributed by atoms with Gasteiger partial charge in [-0.05, 0) is 66.8 Å². The fourth-order valence-electron chi connectivity index (χ4n) is 4.31. The molecule has 13 heteroatoms. The Morgan fingerprint density at radius 2 is 1.68 bits per heavy atom. The molecule has 12 nitrogen and oxygen atoms in total. The van der Waals surface area contributed by atoms with Gasteiger partial charge in [-0.15, -0.1) is 0 Å². The van der Waals surface area contributed by atoms with Gasteiger partial charge in [-0.3, -0.25) is 18.6 Å². The van der Waals surface area contributed by atoms with E-state index in [0.717, 1.165) is 16.9 Å². The highest BCUT2D eigenvalue weighted by atomic mass is 31.2. The Hall–Kier alpha value is -3.77. The van der Waals surface area contributed by atoms with E-state index in [2.05, 4.69) is 0 Å². The fraction of sp³-hybridized carbons (Fsp3) is 0.355. The van der Waals surface area contributed by atoms with Crippen molar-refractivity contribution in [3.63, 3.8) is 0 Å². The van der Waals surface area contributed by atoms with Crippen molar-refractivity contribution < 1.29 is 52.1 Å². The maximum absolute atomic E-state index is 12.5. The fourth-order valence-corrected chi connectivity index (χ4v) is 5.30. The van der Waals surface area contributed by atoms with Crippen molar-refractivity contribution in [2.24, 2.45) is 5.73 Å². The molecule has 1 aliphatic rings. The number of nitrogens with two attached hydrogens (primary N) is 1. The molecular weight excluding hydrogens is 593 g/mol. The Balaban J connectivity index is 1.21. The molecule has 0 aliphatic carbocycles. The Morgan fingerprint density at radius 1 is 0.977 bits per heavy atom. The second-order valence-corrected chi connectivity index (χ2v) is 11.5. The van der Waals surface area contributed by atoms with E-state index in [9.17, 15) is 19.0 Å². The summed E-state index contributed by atoms with van der Waals surface area (Å²) < 4.78 is 45.0. The molecule has 1 unspecified atom stereocenters. The number of phosphoric ester groups is 1. The van der Waals surface area contributed by atoms with E-state index in [1.807, 2.05) is 78.9 Å². The molecule has 0 spiro atoms. The number of aliphatic carboxylic acids is 1. The van der Waals surface area contributed by atoms with Crippen molar-refractivity contribution >= 4 is 19.8 Å². The summed E-state index contributed by atoms with van der Waals surface area (Å²) in [5.74, 6) is 0.250. The molecule has 4 N–H and O–H groups in total. The summed E-state index contributed by atoms with van der Waals surface area (Å²) in [6.07, 6.45) is -0.278. The van der Waals surface area contributed by atoms with E-state index in [0.29, 0.717) is 44.0 Å². The lowest BCUT2D eigenvalue weighted by atomic mass is 10.1. The van der Waals surface area contributed by atoms with Crippen LogP contribution in [0, 0.1) is 0 Å². The van der Waals surface area contributed by atoms with Gasteiger partial charge in [0.15, 0.2) is 0 Å². The average molecular weight is 630 g/mol. The molecule has 4 rings (SSSR count). The molecule has 3 aromatic carbocycles. The highest BCUT2D eigenvalue weighted by Crippen LogP contribution is 2.46. The zero-order valence-electron chi connectivity index (χ0n) is 24.0. The van der Waals surface area contributed by atoms with Crippen LogP contribution in [0.1, 0.15) is 30.4 Å². The normalized spacial score (nSPS) is 18.5. The molecule has 4 atom stereocenters. The van der Waals surface area contributed by atoms with Crippen molar-refractivity contribution in [3.05, 3.63) is 90.0 Å². The van der Waals surface area contributed by atoms with Gasteiger partial charge in [-0.1, -0.05) is 42.5 Å². The lowest BCUT2D eigenvalue weighted by Crippen LogP contribution is -2.40. The predicted molar refractivity (Wildman–Crippen MR) is 158 cm³/mol. The van der Waals surface area contributed by atoms with Gasteiger partial charge in [0.1, 0.15) is 42.6 Å². The molecule has 0 amide bonds. The van der Waals surface area contributed by atoms with Crippen LogP contribution >= 0.6 is 7.82 Å². The summed E-state index contributed by atoms with van der Waals surface area (Å²) in [5.41, 5.74) is 7.12. The van der Waals surface area contributed by atoms with Gasteiger partial charge in [0, 0.05) is 13.0 Å². The Morgan fingerprint density at radius 3 is 2.45 bits per heavy atom. The van der Waals surface area contributed by atoms with Gasteiger partial charge in [-0.25, -0.2) is 4.57 Å². The van der Waals surface area contributed by atoms with Gasteiger partial charge in [0.05, 0.1) is 12.7 Å². The molecule has 0 radical (unpaired) electrons. The maximum Gasteiger partial charge on any atom is 0.472 e. The third kappa shape index (κ3) is 11.1. The van der Waals surface area contributed by atoms with Crippen LogP contribution in [0.2, 0.25) is 0 Å². The van der Waals surface area contributed by atoms with Crippen molar-refractivity contribution in [1.82, 2.24) is 0 Å². The van der Waals surface area contributed by atoms with Crippen LogP contribution in [-0.2, 0) is 45.7 Å². The number of rotatable bonds is 16. The van der Waals surface area contributed by atoms with Crippen LogP contribution < -0.4 is 15.2 Å². The predicted octanol–water partition coefficient (Wildman–Crippen LogP) is 4.63. The van der Waals surface area contributed by atoms with Crippen molar-refractivity contribution in [1.29, 1.82) is 0 Å². The summed E-state index contributed by atoms with van der Waals surface area (Å²) in [7, 11) is -4.62. The number of hydrogen-bond donors (Lipinski definition) is 3. The minimum Gasteiger partial charge on any atom is -0.489 e. The number of para-hydroxylation sites is 1. The summed E-state index contributed by atoms with van der Waals surface area (Å²) in [6, 6.07) is 23.1. The molecule has 1 saturated heterocycles. The summed E-state index contributed by atoms with van der Waals surface area (Å²) in [6.45, 7) is -0.201. The molecule has 3 aromatic rings. The zero-order valence-corrected chi connectivity index (χ0v) is 24.9. The molecule has 236 valence electrons. The molecule has 0 saturated carbocycles. The Labute approximate surface area is 255 Å². The molecule has 0 bridgehead atoms. The van der Waals surface area contributed by atoms with Crippen LogP contribution in [-0.4, -0.2) is 60.0 Å². The number of benzene rings is 3. The quantitative estimate of drug-likeness (QED) is 0.148. The maximum atomic E-state index is 12.5. The number of ether oxygens (including phenoxy) is 4. The van der Waals surface area contributed by atoms with Gasteiger partial charge >= 0.3 is 19.8 Å². The van der Waals surface area contributed by atoms with E-state index >= 15 is 0 Å². The van der Waals surface area contributed by atoms with Crippen LogP contribution in [0.3, 0.4) is 0 Å². The summed E-state index contributed by atoms with van der Waals surface area (Å²) in [5, 5.41) is 8.81. The van der Waals surface area contributed by atoms with Crippen LogP contribution in [0.15, 0.2) is 78.9 Å². The second-order valence-electron chi connectivity index (χ2n) is 10.1. The van der Waals surface area contributed by atoms with Gasteiger partial charge < -0.3 is 34.7 Å². The van der Waals surface area contributed by atoms with Crippen molar-refractivity contribution in [3.8, 4) is 17.2 Å². The van der Waals surface area contributed by atoms with Gasteiger partial charge in [0.25, 0.3) is 0 Å². The van der Waals surface area contributed by atoms with E-state index in [1.54, 1.807) is 0 Å². The number of carboxylic acids is 1. The molecule has 1 fully saturated rings. The molecular formula is C31H36NO11P. The molecule has 1 heterocycles. The Bertz CT molecular complexity index is 1420. The standard InChI is InChI=1S/C31H36NO11P/c32-27(31(34)35)20-41-44(36,37)43-28-13-6-16-38-29(28)21-40-30(33)15-14-22-7-4-11-25(17-22)39-19-23-8-5-12-26(18-23)42-24-9-2-1-3-10-24/h1-5,7-12,17-18,27-29H,6,13-16,19-21,32H2,(H,34,35)(H,36,37)/t27-,28+,29+/m0/s1. The largest absolute Gasteiger partial charge is 0.489 e. The Kier molecular flexibility index (Phi) is 12.3. The number of esters is 1. The monoisotopic (exact) mass is 629 g/mol. The van der Waals surface area contributed by atoms with Crippen LogP contribution in [0.5, 0.6) is 17.2 Å². The number of aryl methyl sites for hydroxylation is 1. The zero-order chi connectivity index (χ0) is 31.4. The first-order valence-electron chi connectivity index (χ1n) is 14.1. The highest BCUT2D eigenvalue weighted by molar-refractivity contribution is 7.47. The minimum atomic E-state index is -4.62. The molecule has 0 aromatic heterocycles. The highest BCUT2D eigenvalue weighted by Gasteiger charge is 2.36. The SMILES string of the molecule is N[C@@H](COP(=O)(O)O[C@@H]1CCCO[C@@H]1COC(=O)CCc1cccc(OCc2cccc(Oc3ccccc3)c2)c1)C(=O)O. The van der Waals surface area contributed by atoms with Crippen molar-refractivity contribution in [2.45, 2.75) is 50.5 Å². The van der Waals surface area contributed by atoms with E-state index in [4.69, 9.17) is 38.8 Å². The van der Waals surface area contributed by atoms with E-state index in [1.165, 1.54) is 0 Å². The third-order valence-corrected chi connectivity index (χ3v) is 7.60. The lowest BCUT2D eigenvalue weighted by Gasteiger charge is -2.32. The number of carbonyl (C=O) groups is 2. The number of carboxylic acid groups (broad SMARTS) is 1. The smallest absolute Gasteiger partial charge is 0.472 e. The number of hydrogen-bond acceptors (Lipinski definition) is 10. The van der Waals surface area contributed by atoms with Crippen LogP contribution in [0.25, 0.3) is 0 Å². The van der Waals surface area contributed by atoms with Crippen molar-refractivity contribution in [2.75, 3.05) is 19.8 Å². The molecule has 44 heavy (non-hydrogen) atoms. The lowest BCUT2D eigenvalue weighted by molar-refractivity contribution is -0.154. The average Bonchev–Trinajstić information content (AvgIpc) is 3.02. The van der Waals surface area contributed by atoms with E-state index < -0.39 is 44.6 Å². The van der Waals surface area contributed by atoms with Gasteiger partial charge in [0.2, 0.25) is 0 Å². The van der Waals surface area contributed by atoms with Gasteiger partial charge in [-0.2, -0.15) is 0 Å². The summed E-state index contributed by atoms with van der Waals surface area (Å²) in [4.78, 5) is 33.3. The van der Waals surface area contributed by atoms with E-state index in [-0.39, 0.29) is 13.0 Å². The first kappa shape index (κ1) is 33.1. The second kappa shape index (κ2) is 16.3. The topological polar surface area (TPSA) is 173 Å².